The minimum atomic E-state index is -5.19. The fourth-order valence-electron chi connectivity index (χ4n) is 4.29. The zero-order chi connectivity index (χ0) is 24.2. The van der Waals surface area contributed by atoms with E-state index in [9.17, 15) is 30.7 Å². The van der Waals surface area contributed by atoms with Crippen LogP contribution in [0.1, 0.15) is 60.8 Å². The molecular formula is C25H25F7O. The van der Waals surface area contributed by atoms with Gasteiger partial charge in [0.05, 0.1) is 12.2 Å². The number of halogens is 7. The summed E-state index contributed by atoms with van der Waals surface area (Å²) in [5.74, 6) is -2.70. The zero-order valence-corrected chi connectivity index (χ0v) is 18.1. The van der Waals surface area contributed by atoms with Crippen LogP contribution in [0.25, 0.3) is 0 Å². The average Bonchev–Trinajstić information content (AvgIpc) is 2.73. The minimum Gasteiger partial charge on any atom is -0.316 e. The molecule has 1 nitrogen and oxygen atoms in total. The Morgan fingerprint density at radius 2 is 1.48 bits per heavy atom. The Hall–Kier alpha value is -2.35. The first-order valence-electron chi connectivity index (χ1n) is 10.8. The lowest BCUT2D eigenvalue weighted by atomic mass is 9.78. The molecular weight excluding hydrogens is 449 g/mol. The molecule has 0 bridgehead atoms. The smallest absolute Gasteiger partial charge is 0.316 e. The van der Waals surface area contributed by atoms with Gasteiger partial charge in [0.2, 0.25) is 0 Å². The summed E-state index contributed by atoms with van der Waals surface area (Å²) in [4.78, 5) is 0. The SMILES string of the molecule is CC=CC1CCC(c2ccc(C(F)(F)OCCc3cc(F)c(C(F)(F)F)c(F)c3)cc2)CC1. The highest BCUT2D eigenvalue weighted by Gasteiger charge is 2.38. The number of benzene rings is 2. The molecule has 8 heteroatoms. The van der Waals surface area contributed by atoms with Crippen LogP contribution in [0.15, 0.2) is 48.6 Å². The van der Waals surface area contributed by atoms with Crippen molar-refractivity contribution in [3.05, 3.63) is 82.4 Å². The molecule has 1 fully saturated rings. The van der Waals surface area contributed by atoms with Gasteiger partial charge in [0.1, 0.15) is 17.2 Å². The first-order valence-corrected chi connectivity index (χ1v) is 10.8. The maximum Gasteiger partial charge on any atom is 0.422 e. The highest BCUT2D eigenvalue weighted by molar-refractivity contribution is 5.29. The number of hydrogen-bond donors (Lipinski definition) is 0. The number of ether oxygens (including phenoxy) is 1. The minimum absolute atomic E-state index is 0.210. The van der Waals surface area contributed by atoms with E-state index in [1.54, 1.807) is 12.1 Å². The number of allylic oxidation sites excluding steroid dienone is 2. The van der Waals surface area contributed by atoms with Crippen molar-refractivity contribution in [1.29, 1.82) is 0 Å². The van der Waals surface area contributed by atoms with Crippen LogP contribution in [0.4, 0.5) is 30.7 Å². The van der Waals surface area contributed by atoms with E-state index in [0.29, 0.717) is 24.0 Å². The lowest BCUT2D eigenvalue weighted by molar-refractivity contribution is -0.248. The fourth-order valence-corrected chi connectivity index (χ4v) is 4.29. The second-order valence-corrected chi connectivity index (χ2v) is 8.31. The molecule has 0 spiro atoms. The van der Waals surface area contributed by atoms with Gasteiger partial charge in [-0.25, -0.2) is 8.78 Å². The summed E-state index contributed by atoms with van der Waals surface area (Å²) in [6.07, 6.45) is -0.878. The van der Waals surface area contributed by atoms with E-state index in [1.165, 1.54) is 12.1 Å². The Labute approximate surface area is 188 Å². The van der Waals surface area contributed by atoms with E-state index in [-0.39, 0.29) is 17.5 Å². The molecule has 33 heavy (non-hydrogen) atoms. The Morgan fingerprint density at radius 3 is 2.00 bits per heavy atom. The molecule has 0 aliphatic heterocycles. The molecule has 180 valence electrons. The lowest BCUT2D eigenvalue weighted by Gasteiger charge is -2.27. The number of hydrogen-bond acceptors (Lipinski definition) is 1. The van der Waals surface area contributed by atoms with Gasteiger partial charge in [0, 0.05) is 0 Å². The van der Waals surface area contributed by atoms with Crippen molar-refractivity contribution >= 4 is 0 Å². The number of rotatable bonds is 7. The maximum absolute atomic E-state index is 14.4. The van der Waals surface area contributed by atoms with Gasteiger partial charge >= 0.3 is 12.3 Å². The maximum atomic E-state index is 14.4. The quantitative estimate of drug-likeness (QED) is 0.291. The molecule has 1 saturated carbocycles. The molecule has 0 radical (unpaired) electrons. The van der Waals surface area contributed by atoms with Gasteiger partial charge in [-0.2, -0.15) is 22.0 Å². The molecule has 0 aromatic heterocycles. The predicted octanol–water partition coefficient (Wildman–Crippen LogP) is 8.14. The van der Waals surface area contributed by atoms with Gasteiger partial charge in [-0.15, -0.1) is 0 Å². The van der Waals surface area contributed by atoms with Crippen LogP contribution >= 0.6 is 0 Å². The van der Waals surface area contributed by atoms with Crippen molar-refractivity contribution in [2.75, 3.05) is 6.61 Å². The average molecular weight is 474 g/mol. The molecule has 1 aliphatic carbocycles. The van der Waals surface area contributed by atoms with Gasteiger partial charge in [-0.3, -0.25) is 0 Å². The highest BCUT2D eigenvalue weighted by atomic mass is 19.4. The van der Waals surface area contributed by atoms with Crippen LogP contribution in [-0.2, 0) is 23.4 Å². The third kappa shape index (κ3) is 6.37. The van der Waals surface area contributed by atoms with Gasteiger partial charge < -0.3 is 4.74 Å². The fraction of sp³-hybridized carbons (Fsp3) is 0.440. The lowest BCUT2D eigenvalue weighted by Crippen LogP contribution is -2.20. The molecule has 0 saturated heterocycles. The summed E-state index contributed by atoms with van der Waals surface area (Å²) in [6.45, 7) is 1.36. The van der Waals surface area contributed by atoms with Gasteiger partial charge in [0.25, 0.3) is 0 Å². The van der Waals surface area contributed by atoms with Crippen LogP contribution in [0.5, 0.6) is 0 Å². The normalized spacial score (nSPS) is 19.9. The van der Waals surface area contributed by atoms with Gasteiger partial charge in [-0.05, 0) is 74.1 Å². The van der Waals surface area contributed by atoms with Crippen molar-refractivity contribution in [2.24, 2.45) is 5.92 Å². The predicted molar refractivity (Wildman–Crippen MR) is 111 cm³/mol. The third-order valence-corrected chi connectivity index (χ3v) is 6.01. The van der Waals surface area contributed by atoms with Crippen molar-refractivity contribution in [3.8, 4) is 0 Å². The first-order chi connectivity index (χ1) is 15.5. The van der Waals surface area contributed by atoms with Crippen LogP contribution in [0.3, 0.4) is 0 Å². The monoisotopic (exact) mass is 474 g/mol. The number of alkyl halides is 5. The summed E-state index contributed by atoms with van der Waals surface area (Å²) < 4.78 is 98.6. The first kappa shape index (κ1) is 25.3. The van der Waals surface area contributed by atoms with Crippen LogP contribution in [0.2, 0.25) is 0 Å². The van der Waals surface area contributed by atoms with E-state index in [2.05, 4.69) is 10.8 Å². The van der Waals surface area contributed by atoms with Gasteiger partial charge in [0.15, 0.2) is 0 Å². The Balaban J connectivity index is 1.58. The van der Waals surface area contributed by atoms with E-state index in [1.807, 2.05) is 13.0 Å². The van der Waals surface area contributed by atoms with Crippen LogP contribution in [0, 0.1) is 17.6 Å². The van der Waals surface area contributed by atoms with Crippen LogP contribution < -0.4 is 0 Å². The molecule has 2 aromatic carbocycles. The van der Waals surface area contributed by atoms with Crippen LogP contribution in [-0.4, -0.2) is 6.61 Å². The van der Waals surface area contributed by atoms with E-state index >= 15 is 0 Å². The van der Waals surface area contributed by atoms with Gasteiger partial charge in [-0.1, -0.05) is 36.4 Å². The van der Waals surface area contributed by atoms with E-state index in [4.69, 9.17) is 0 Å². The van der Waals surface area contributed by atoms with Crippen molar-refractivity contribution in [2.45, 2.75) is 57.2 Å². The largest absolute Gasteiger partial charge is 0.422 e. The molecule has 2 aromatic rings. The summed E-state index contributed by atoms with van der Waals surface area (Å²) in [5, 5.41) is 0. The highest BCUT2D eigenvalue weighted by Crippen LogP contribution is 2.38. The Morgan fingerprint density at radius 1 is 0.909 bits per heavy atom. The van der Waals surface area contributed by atoms with Crippen molar-refractivity contribution in [1.82, 2.24) is 0 Å². The molecule has 3 rings (SSSR count). The molecule has 0 heterocycles. The molecule has 0 amide bonds. The molecule has 0 N–H and O–H groups in total. The standard InChI is InChI=1S/C25H25F7O/c1-2-3-16-4-6-18(7-5-16)19-8-10-20(11-9-19)25(31,32)33-13-12-17-14-21(26)23(22(27)15-17)24(28,29)30/h2-3,8-11,14-16,18H,4-7,12-13H2,1H3. The second-order valence-electron chi connectivity index (χ2n) is 8.31. The molecule has 0 atom stereocenters. The Bertz CT molecular complexity index is 933. The zero-order valence-electron chi connectivity index (χ0n) is 18.1. The van der Waals surface area contributed by atoms with E-state index in [0.717, 1.165) is 31.2 Å². The summed E-state index contributed by atoms with van der Waals surface area (Å²) >= 11 is 0. The van der Waals surface area contributed by atoms with Crippen molar-refractivity contribution < 1.29 is 35.5 Å². The topological polar surface area (TPSA) is 9.23 Å². The van der Waals surface area contributed by atoms with E-state index < -0.39 is 36.1 Å². The third-order valence-electron chi connectivity index (χ3n) is 6.01. The molecule has 1 aliphatic rings. The Kier molecular flexibility index (Phi) is 7.88. The summed E-state index contributed by atoms with van der Waals surface area (Å²) in [5.41, 5.74) is -1.59. The summed E-state index contributed by atoms with van der Waals surface area (Å²) in [6, 6.07) is 6.87. The second kappa shape index (κ2) is 10.3. The molecule has 0 unspecified atom stereocenters. The summed E-state index contributed by atoms with van der Waals surface area (Å²) in [7, 11) is 0. The van der Waals surface area contributed by atoms with Crippen molar-refractivity contribution in [3.63, 3.8) is 0 Å².